The fourth-order valence-corrected chi connectivity index (χ4v) is 3.77. The van der Waals surface area contributed by atoms with E-state index in [-0.39, 0.29) is 11.9 Å². The third-order valence-electron chi connectivity index (χ3n) is 4.73. The van der Waals surface area contributed by atoms with Gasteiger partial charge in [-0.05, 0) is 42.8 Å². The van der Waals surface area contributed by atoms with Crippen molar-refractivity contribution in [2.24, 2.45) is 0 Å². The minimum absolute atomic E-state index is 0.0535. The van der Waals surface area contributed by atoms with Crippen molar-refractivity contribution in [3.63, 3.8) is 0 Å². The highest BCUT2D eigenvalue weighted by molar-refractivity contribution is 7.08. The molecule has 6 nitrogen and oxygen atoms in total. The minimum atomic E-state index is -0.0535. The lowest BCUT2D eigenvalue weighted by Crippen LogP contribution is -2.40. The number of carbonyl (C=O) groups is 1. The summed E-state index contributed by atoms with van der Waals surface area (Å²) in [7, 11) is 0. The van der Waals surface area contributed by atoms with Gasteiger partial charge in [-0.15, -0.1) is 10.2 Å². The largest absolute Gasteiger partial charge is 0.420 e. The zero-order valence-corrected chi connectivity index (χ0v) is 15.3. The number of amides is 2. The fraction of sp³-hybridized carbons (Fsp3) is 0.316. The molecule has 2 aromatic heterocycles. The Hall–Kier alpha value is -2.67. The summed E-state index contributed by atoms with van der Waals surface area (Å²) >= 11 is 1.61. The van der Waals surface area contributed by atoms with Crippen LogP contribution in [0.15, 0.2) is 45.5 Å². The van der Waals surface area contributed by atoms with Crippen molar-refractivity contribution in [1.82, 2.24) is 15.1 Å². The Morgan fingerprint density at radius 2 is 2.04 bits per heavy atom. The monoisotopic (exact) mass is 368 g/mol. The van der Waals surface area contributed by atoms with Crippen LogP contribution < -0.4 is 5.32 Å². The highest BCUT2D eigenvalue weighted by atomic mass is 32.1. The Kier molecular flexibility index (Phi) is 4.71. The molecule has 3 heterocycles. The lowest BCUT2D eigenvalue weighted by molar-refractivity contribution is 0.190. The van der Waals surface area contributed by atoms with Crippen LogP contribution >= 0.6 is 11.3 Å². The third-order valence-corrected chi connectivity index (χ3v) is 5.41. The first-order chi connectivity index (χ1) is 12.7. The average Bonchev–Trinajstić information content (AvgIpc) is 3.35. The van der Waals surface area contributed by atoms with E-state index in [1.54, 1.807) is 11.3 Å². The van der Waals surface area contributed by atoms with E-state index in [0.717, 1.165) is 29.7 Å². The summed E-state index contributed by atoms with van der Waals surface area (Å²) in [4.78, 5) is 14.3. The summed E-state index contributed by atoms with van der Waals surface area (Å²) < 4.78 is 5.84. The maximum atomic E-state index is 12.5. The summed E-state index contributed by atoms with van der Waals surface area (Å²) in [6, 6.07) is 9.72. The molecule has 1 fully saturated rings. The molecule has 26 heavy (non-hydrogen) atoms. The number of thiophene rings is 1. The van der Waals surface area contributed by atoms with Gasteiger partial charge in [0.05, 0.1) is 0 Å². The van der Waals surface area contributed by atoms with E-state index in [1.165, 1.54) is 0 Å². The number of nitrogens with one attached hydrogen (secondary N) is 1. The standard InChI is InChI=1S/C19H20N4O2S/c1-13-4-2-3-5-16(13)20-19(24)23-9-6-14(7-10-23)17-21-22-18(25-17)15-8-11-26-12-15/h2-5,8,11-12,14H,6-7,9-10H2,1H3,(H,20,24). The molecule has 0 radical (unpaired) electrons. The number of hydrogen-bond donors (Lipinski definition) is 1. The van der Waals surface area contributed by atoms with Crippen molar-refractivity contribution in [1.29, 1.82) is 0 Å². The highest BCUT2D eigenvalue weighted by Crippen LogP contribution is 2.30. The molecule has 0 saturated carbocycles. The number of benzene rings is 1. The van der Waals surface area contributed by atoms with Crippen LogP contribution in [-0.2, 0) is 0 Å². The van der Waals surface area contributed by atoms with Gasteiger partial charge in [-0.1, -0.05) is 18.2 Å². The Morgan fingerprint density at radius 3 is 2.77 bits per heavy atom. The SMILES string of the molecule is Cc1ccccc1NC(=O)N1CCC(c2nnc(-c3ccsc3)o2)CC1. The summed E-state index contributed by atoms with van der Waals surface area (Å²) in [5.74, 6) is 1.45. The van der Waals surface area contributed by atoms with E-state index in [9.17, 15) is 4.79 Å². The van der Waals surface area contributed by atoms with Crippen molar-refractivity contribution in [2.75, 3.05) is 18.4 Å². The number of aromatic nitrogens is 2. The summed E-state index contributed by atoms with van der Waals surface area (Å²) in [5, 5.41) is 15.3. The topological polar surface area (TPSA) is 71.3 Å². The molecule has 1 N–H and O–H groups in total. The van der Waals surface area contributed by atoms with Gasteiger partial charge in [-0.25, -0.2) is 4.79 Å². The number of hydrogen-bond acceptors (Lipinski definition) is 5. The number of rotatable bonds is 3. The van der Waals surface area contributed by atoms with E-state index in [2.05, 4.69) is 15.5 Å². The maximum absolute atomic E-state index is 12.5. The smallest absolute Gasteiger partial charge is 0.321 e. The van der Waals surface area contributed by atoms with E-state index < -0.39 is 0 Å². The lowest BCUT2D eigenvalue weighted by atomic mass is 9.97. The molecule has 134 valence electrons. The number of aryl methyl sites for hydroxylation is 1. The van der Waals surface area contributed by atoms with Crippen LogP contribution in [0.2, 0.25) is 0 Å². The van der Waals surface area contributed by atoms with Crippen molar-refractivity contribution in [3.05, 3.63) is 52.5 Å². The molecule has 0 aliphatic carbocycles. The van der Waals surface area contributed by atoms with Gasteiger partial charge >= 0.3 is 6.03 Å². The van der Waals surface area contributed by atoms with Crippen LogP contribution in [0.1, 0.15) is 30.2 Å². The van der Waals surface area contributed by atoms with Gasteiger partial charge in [0.1, 0.15) is 0 Å². The quantitative estimate of drug-likeness (QED) is 0.738. The van der Waals surface area contributed by atoms with E-state index in [4.69, 9.17) is 4.42 Å². The number of para-hydroxylation sites is 1. The zero-order valence-electron chi connectivity index (χ0n) is 14.5. The maximum Gasteiger partial charge on any atom is 0.321 e. The van der Waals surface area contributed by atoms with Crippen molar-refractivity contribution < 1.29 is 9.21 Å². The Bertz CT molecular complexity index is 883. The summed E-state index contributed by atoms with van der Waals surface area (Å²) in [5.41, 5.74) is 2.88. The molecule has 0 atom stereocenters. The molecule has 1 aliphatic heterocycles. The first-order valence-corrected chi connectivity index (χ1v) is 9.62. The first-order valence-electron chi connectivity index (χ1n) is 8.68. The van der Waals surface area contributed by atoms with Crippen LogP contribution in [0.25, 0.3) is 11.5 Å². The fourth-order valence-electron chi connectivity index (χ4n) is 3.14. The Morgan fingerprint density at radius 1 is 1.23 bits per heavy atom. The van der Waals surface area contributed by atoms with Crippen LogP contribution in [0.4, 0.5) is 10.5 Å². The van der Waals surface area contributed by atoms with E-state index in [0.29, 0.717) is 24.9 Å². The third kappa shape index (κ3) is 3.48. The molecule has 3 aromatic rings. The van der Waals surface area contributed by atoms with Gasteiger partial charge in [0.2, 0.25) is 11.8 Å². The summed E-state index contributed by atoms with van der Waals surface area (Å²) in [6.07, 6.45) is 1.65. The molecule has 1 aliphatic rings. The van der Waals surface area contributed by atoms with Crippen LogP contribution in [0.3, 0.4) is 0 Å². The van der Waals surface area contributed by atoms with Gasteiger partial charge in [-0.2, -0.15) is 11.3 Å². The predicted octanol–water partition coefficient (Wildman–Crippen LogP) is 4.52. The molecular formula is C19H20N4O2S. The van der Waals surface area contributed by atoms with Gasteiger partial charge in [-0.3, -0.25) is 0 Å². The molecule has 0 spiro atoms. The molecule has 1 saturated heterocycles. The number of piperidine rings is 1. The second kappa shape index (κ2) is 7.29. The molecule has 0 bridgehead atoms. The number of nitrogens with zero attached hydrogens (tertiary/aromatic N) is 3. The molecule has 0 unspecified atom stereocenters. The summed E-state index contributed by atoms with van der Waals surface area (Å²) in [6.45, 7) is 3.35. The second-order valence-corrected chi connectivity index (χ2v) is 7.24. The highest BCUT2D eigenvalue weighted by Gasteiger charge is 2.27. The predicted molar refractivity (Wildman–Crippen MR) is 101 cm³/mol. The van der Waals surface area contributed by atoms with Gasteiger partial charge in [0.25, 0.3) is 0 Å². The van der Waals surface area contributed by atoms with Gasteiger partial charge < -0.3 is 14.6 Å². The number of carbonyl (C=O) groups excluding carboxylic acids is 1. The number of urea groups is 1. The Balaban J connectivity index is 1.35. The van der Waals surface area contributed by atoms with Gasteiger partial charge in [0.15, 0.2) is 0 Å². The van der Waals surface area contributed by atoms with E-state index >= 15 is 0 Å². The van der Waals surface area contributed by atoms with Crippen LogP contribution in [-0.4, -0.2) is 34.2 Å². The number of likely N-dealkylation sites (tertiary alicyclic amines) is 1. The second-order valence-electron chi connectivity index (χ2n) is 6.46. The molecule has 4 rings (SSSR count). The molecule has 1 aromatic carbocycles. The van der Waals surface area contributed by atoms with Gasteiger partial charge in [0, 0.05) is 35.6 Å². The average molecular weight is 368 g/mol. The molecular weight excluding hydrogens is 348 g/mol. The normalized spacial score (nSPS) is 15.2. The first kappa shape index (κ1) is 16.8. The van der Waals surface area contributed by atoms with Crippen LogP contribution in [0.5, 0.6) is 0 Å². The lowest BCUT2D eigenvalue weighted by Gasteiger charge is -2.30. The van der Waals surface area contributed by atoms with E-state index in [1.807, 2.05) is 52.9 Å². The van der Waals surface area contributed by atoms with Crippen LogP contribution in [0, 0.1) is 6.92 Å². The minimum Gasteiger partial charge on any atom is -0.420 e. The van der Waals surface area contributed by atoms with Crippen molar-refractivity contribution in [3.8, 4) is 11.5 Å². The Labute approximate surface area is 155 Å². The number of anilines is 1. The molecule has 7 heteroatoms. The van der Waals surface area contributed by atoms with Crippen molar-refractivity contribution >= 4 is 23.1 Å². The zero-order chi connectivity index (χ0) is 17.9. The van der Waals surface area contributed by atoms with Crippen molar-refractivity contribution in [2.45, 2.75) is 25.7 Å². The molecule has 2 amide bonds.